The Balaban J connectivity index is 2.08. The molecule has 2 aromatic rings. The van der Waals surface area contributed by atoms with Crippen LogP contribution < -0.4 is 5.73 Å². The fraction of sp³-hybridized carbons (Fsp3) is 0.125. The highest BCUT2D eigenvalue weighted by atomic mass is 35.5. The zero-order valence-electron chi connectivity index (χ0n) is 11.8. The van der Waals surface area contributed by atoms with Crippen LogP contribution in [0.25, 0.3) is 0 Å². The summed E-state index contributed by atoms with van der Waals surface area (Å²) in [6.45, 7) is 0. The van der Waals surface area contributed by atoms with Gasteiger partial charge in [-0.05, 0) is 23.8 Å². The number of ketones is 1. The summed E-state index contributed by atoms with van der Waals surface area (Å²) in [6, 6.07) is 10.0. The highest BCUT2D eigenvalue weighted by molar-refractivity contribution is 7.99. The number of amides is 1. The Hall–Kier alpha value is -1.20. The Morgan fingerprint density at radius 3 is 2.00 bits per heavy atom. The van der Waals surface area contributed by atoms with Gasteiger partial charge in [0.15, 0.2) is 5.78 Å². The molecule has 23 heavy (non-hydrogen) atoms. The van der Waals surface area contributed by atoms with Crippen molar-refractivity contribution < 1.29 is 9.59 Å². The summed E-state index contributed by atoms with van der Waals surface area (Å²) < 4.78 is 0. The van der Waals surface area contributed by atoms with E-state index in [2.05, 4.69) is 0 Å². The molecule has 0 aliphatic carbocycles. The number of thioether (sulfide) groups is 1. The predicted molar refractivity (Wildman–Crippen MR) is 96.9 cm³/mol. The van der Waals surface area contributed by atoms with Crippen molar-refractivity contribution in [1.29, 1.82) is 0 Å². The maximum absolute atomic E-state index is 12.3. The normalized spacial score (nSPS) is 10.6. The van der Waals surface area contributed by atoms with Gasteiger partial charge < -0.3 is 5.73 Å². The van der Waals surface area contributed by atoms with Gasteiger partial charge in [-0.2, -0.15) is 0 Å². The van der Waals surface area contributed by atoms with Crippen LogP contribution in [0.15, 0.2) is 36.4 Å². The Morgan fingerprint density at radius 1 is 0.913 bits per heavy atom. The van der Waals surface area contributed by atoms with E-state index in [0.717, 1.165) is 0 Å². The zero-order chi connectivity index (χ0) is 17.0. The van der Waals surface area contributed by atoms with E-state index in [4.69, 9.17) is 40.5 Å². The van der Waals surface area contributed by atoms with Crippen LogP contribution in [0.2, 0.25) is 15.1 Å². The molecule has 7 heteroatoms. The van der Waals surface area contributed by atoms with Gasteiger partial charge in [0.05, 0.1) is 31.9 Å². The summed E-state index contributed by atoms with van der Waals surface area (Å²) in [6.07, 6.45) is 0. The molecule has 3 nitrogen and oxygen atoms in total. The van der Waals surface area contributed by atoms with Crippen molar-refractivity contribution in [1.82, 2.24) is 0 Å². The second-order valence-corrected chi connectivity index (χ2v) is 6.86. The molecule has 0 aromatic heterocycles. The number of Topliss-reactive ketones (excluding diaryl/α,β-unsaturated/α-hetero) is 1. The van der Waals surface area contributed by atoms with Gasteiger partial charge in [0.1, 0.15) is 0 Å². The van der Waals surface area contributed by atoms with Gasteiger partial charge in [0.2, 0.25) is 0 Å². The SMILES string of the molecule is NC(=O)c1c(Cl)cccc1CSCC(=O)c1c(Cl)cccc1Cl. The van der Waals surface area contributed by atoms with E-state index in [1.165, 1.54) is 11.8 Å². The van der Waals surface area contributed by atoms with Gasteiger partial charge in [-0.1, -0.05) is 53.0 Å². The number of halogens is 3. The fourth-order valence-electron chi connectivity index (χ4n) is 2.06. The van der Waals surface area contributed by atoms with Crippen molar-refractivity contribution in [2.45, 2.75) is 5.75 Å². The number of nitrogens with two attached hydrogens (primary N) is 1. The average Bonchev–Trinajstić information content (AvgIpc) is 2.46. The minimum atomic E-state index is -0.591. The average molecular weight is 389 g/mol. The molecule has 1 amide bonds. The molecule has 0 aliphatic rings. The number of primary amides is 1. The Kier molecular flexibility index (Phi) is 6.36. The van der Waals surface area contributed by atoms with Gasteiger partial charge in [0.25, 0.3) is 5.91 Å². The van der Waals surface area contributed by atoms with Crippen LogP contribution in [-0.2, 0) is 5.75 Å². The van der Waals surface area contributed by atoms with Crippen LogP contribution in [0, 0.1) is 0 Å². The maximum Gasteiger partial charge on any atom is 0.250 e. The number of benzene rings is 2. The van der Waals surface area contributed by atoms with E-state index < -0.39 is 5.91 Å². The van der Waals surface area contributed by atoms with Gasteiger partial charge in [-0.3, -0.25) is 9.59 Å². The number of hydrogen-bond donors (Lipinski definition) is 1. The van der Waals surface area contributed by atoms with Gasteiger partial charge in [-0.15, -0.1) is 11.8 Å². The molecule has 2 rings (SSSR count). The molecular formula is C16H12Cl3NO2S. The van der Waals surface area contributed by atoms with Gasteiger partial charge in [-0.25, -0.2) is 0 Å². The summed E-state index contributed by atoms with van der Waals surface area (Å²) in [5, 5.41) is 0.948. The van der Waals surface area contributed by atoms with Gasteiger partial charge in [0, 0.05) is 5.75 Å². The molecule has 0 spiro atoms. The lowest BCUT2D eigenvalue weighted by molar-refractivity contribution is 0.0997. The van der Waals surface area contributed by atoms with Crippen LogP contribution in [0.4, 0.5) is 0 Å². The van der Waals surface area contributed by atoms with E-state index in [1.807, 2.05) is 0 Å². The van der Waals surface area contributed by atoms with E-state index in [0.29, 0.717) is 31.9 Å². The Bertz CT molecular complexity index is 745. The van der Waals surface area contributed by atoms with Crippen LogP contribution in [0.3, 0.4) is 0 Å². The van der Waals surface area contributed by atoms with Crippen molar-refractivity contribution in [2.75, 3.05) is 5.75 Å². The molecule has 0 aliphatic heterocycles. The van der Waals surface area contributed by atoms with E-state index in [9.17, 15) is 9.59 Å². The van der Waals surface area contributed by atoms with Gasteiger partial charge >= 0.3 is 0 Å². The third-order valence-corrected chi connectivity index (χ3v) is 5.00. The molecule has 0 atom stereocenters. The summed E-state index contributed by atoms with van der Waals surface area (Å²) in [5.74, 6) is -0.166. The minimum Gasteiger partial charge on any atom is -0.366 e. The summed E-state index contributed by atoms with van der Waals surface area (Å²) in [5.41, 5.74) is 6.62. The Labute approximate surface area is 153 Å². The molecule has 2 aromatic carbocycles. The lowest BCUT2D eigenvalue weighted by Gasteiger charge is -2.09. The highest BCUT2D eigenvalue weighted by Crippen LogP contribution is 2.27. The topological polar surface area (TPSA) is 60.2 Å². The number of carbonyl (C=O) groups excluding carboxylic acids is 2. The minimum absolute atomic E-state index is 0.173. The standard InChI is InChI=1S/C16H12Cl3NO2S/c17-10-4-1-3-9(14(10)16(20)22)7-23-8-13(21)15-11(18)5-2-6-12(15)19/h1-6H,7-8H2,(H2,20,22). The first-order valence-electron chi connectivity index (χ1n) is 6.54. The summed E-state index contributed by atoms with van der Waals surface area (Å²) in [4.78, 5) is 23.7. The molecule has 0 saturated heterocycles. The predicted octanol–water partition coefficient (Wildman–Crippen LogP) is 4.86. The second kappa shape index (κ2) is 8.06. The number of rotatable bonds is 6. The number of carbonyl (C=O) groups is 2. The third kappa shape index (κ3) is 4.42. The number of hydrogen-bond acceptors (Lipinski definition) is 3. The summed E-state index contributed by atoms with van der Waals surface area (Å²) >= 11 is 19.4. The molecule has 120 valence electrons. The molecule has 0 heterocycles. The van der Waals surface area contributed by atoms with E-state index in [-0.39, 0.29) is 17.1 Å². The molecular weight excluding hydrogens is 377 g/mol. The van der Waals surface area contributed by atoms with Crippen LogP contribution in [0.1, 0.15) is 26.3 Å². The van der Waals surface area contributed by atoms with Crippen LogP contribution >= 0.6 is 46.6 Å². The smallest absolute Gasteiger partial charge is 0.250 e. The zero-order valence-corrected chi connectivity index (χ0v) is 14.9. The second-order valence-electron chi connectivity index (χ2n) is 4.65. The monoisotopic (exact) mass is 387 g/mol. The van der Waals surface area contributed by atoms with Crippen molar-refractivity contribution >= 4 is 58.3 Å². The molecule has 2 N–H and O–H groups in total. The first-order chi connectivity index (χ1) is 10.9. The van der Waals surface area contributed by atoms with Crippen LogP contribution in [0.5, 0.6) is 0 Å². The summed E-state index contributed by atoms with van der Waals surface area (Å²) in [7, 11) is 0. The first kappa shape index (κ1) is 18.1. The van der Waals surface area contributed by atoms with Crippen molar-refractivity contribution in [3.8, 4) is 0 Å². The lowest BCUT2D eigenvalue weighted by Crippen LogP contribution is -2.14. The maximum atomic E-state index is 12.3. The quantitative estimate of drug-likeness (QED) is 0.719. The van der Waals surface area contributed by atoms with E-state index >= 15 is 0 Å². The Morgan fingerprint density at radius 2 is 1.43 bits per heavy atom. The lowest BCUT2D eigenvalue weighted by atomic mass is 10.1. The highest BCUT2D eigenvalue weighted by Gasteiger charge is 2.16. The van der Waals surface area contributed by atoms with Crippen molar-refractivity contribution in [3.05, 3.63) is 68.2 Å². The van der Waals surface area contributed by atoms with E-state index in [1.54, 1.807) is 36.4 Å². The largest absolute Gasteiger partial charge is 0.366 e. The van der Waals surface area contributed by atoms with Crippen molar-refractivity contribution in [3.63, 3.8) is 0 Å². The molecule has 0 radical (unpaired) electrons. The molecule has 0 saturated carbocycles. The fourth-order valence-corrected chi connectivity index (χ4v) is 3.84. The molecule has 0 unspecified atom stereocenters. The third-order valence-electron chi connectivity index (χ3n) is 3.08. The van der Waals surface area contributed by atoms with Crippen LogP contribution in [-0.4, -0.2) is 17.4 Å². The van der Waals surface area contributed by atoms with Crippen molar-refractivity contribution in [2.24, 2.45) is 5.73 Å². The molecule has 0 bridgehead atoms. The molecule has 0 fully saturated rings. The first-order valence-corrected chi connectivity index (χ1v) is 8.82.